The molecule has 0 bridgehead atoms. The molecule has 37 heavy (non-hydrogen) atoms. The molecule has 184 valence electrons. The standard InChI is InChI=1S/C27H22FN7OS/c1-2-3-4-22(36)31-18-9-17(12-29-13-18)16-10-19-24(20(28)11-16)34-35-25(19)27-32-21-5-7-30-23(26(21)33-27)15-6-8-37-14-15/h5-14H,2-4H2,1H3,(H,31,36)(H,32,33)(H,34,35). The van der Waals surface area contributed by atoms with Gasteiger partial charge in [0.2, 0.25) is 5.91 Å². The second-order valence-electron chi connectivity index (χ2n) is 8.72. The van der Waals surface area contributed by atoms with Crippen molar-refractivity contribution in [3.63, 3.8) is 0 Å². The van der Waals surface area contributed by atoms with Gasteiger partial charge in [0, 0.05) is 40.7 Å². The Morgan fingerprint density at radius 1 is 1.11 bits per heavy atom. The average molecular weight is 512 g/mol. The van der Waals surface area contributed by atoms with Gasteiger partial charge in [-0.15, -0.1) is 0 Å². The second-order valence-corrected chi connectivity index (χ2v) is 9.50. The molecule has 1 amide bonds. The van der Waals surface area contributed by atoms with Crippen LogP contribution in [0.25, 0.3) is 55.8 Å². The van der Waals surface area contributed by atoms with Gasteiger partial charge in [0.15, 0.2) is 11.6 Å². The Balaban J connectivity index is 1.40. The quantitative estimate of drug-likeness (QED) is 0.225. The van der Waals surface area contributed by atoms with Crippen molar-refractivity contribution >= 4 is 44.9 Å². The number of imidazole rings is 1. The first-order chi connectivity index (χ1) is 18.1. The number of hydrogen-bond donors (Lipinski definition) is 3. The van der Waals surface area contributed by atoms with E-state index >= 15 is 4.39 Å². The largest absolute Gasteiger partial charge is 0.337 e. The van der Waals surface area contributed by atoms with E-state index in [9.17, 15) is 4.79 Å². The minimum Gasteiger partial charge on any atom is -0.337 e. The van der Waals surface area contributed by atoms with Crippen LogP contribution in [0.15, 0.2) is 59.7 Å². The molecule has 0 saturated carbocycles. The van der Waals surface area contributed by atoms with Crippen LogP contribution in [0.3, 0.4) is 0 Å². The molecule has 0 radical (unpaired) electrons. The molecule has 0 unspecified atom stereocenters. The number of fused-ring (bicyclic) bond motifs is 2. The first-order valence-electron chi connectivity index (χ1n) is 11.9. The van der Waals surface area contributed by atoms with Crippen LogP contribution in [0.2, 0.25) is 0 Å². The van der Waals surface area contributed by atoms with Crippen molar-refractivity contribution in [2.45, 2.75) is 26.2 Å². The van der Waals surface area contributed by atoms with Crippen molar-refractivity contribution in [3.8, 4) is 33.9 Å². The topological polar surface area (TPSA) is 112 Å². The fourth-order valence-electron chi connectivity index (χ4n) is 4.31. The van der Waals surface area contributed by atoms with Crippen molar-refractivity contribution < 1.29 is 9.18 Å². The minimum absolute atomic E-state index is 0.0688. The molecule has 0 spiro atoms. The van der Waals surface area contributed by atoms with Crippen LogP contribution in [-0.4, -0.2) is 36.0 Å². The molecule has 6 rings (SSSR count). The fourth-order valence-corrected chi connectivity index (χ4v) is 4.95. The molecule has 6 aromatic rings. The van der Waals surface area contributed by atoms with E-state index in [1.54, 1.807) is 36.0 Å². The number of H-pyrrole nitrogens is 2. The number of amides is 1. The number of carbonyl (C=O) groups is 1. The number of carbonyl (C=O) groups excluding carboxylic acids is 1. The molecule has 0 aliphatic rings. The summed E-state index contributed by atoms with van der Waals surface area (Å²) in [6.07, 6.45) is 7.16. The molecule has 0 atom stereocenters. The minimum atomic E-state index is -0.468. The predicted molar refractivity (Wildman–Crippen MR) is 144 cm³/mol. The van der Waals surface area contributed by atoms with E-state index in [1.165, 1.54) is 6.07 Å². The zero-order valence-electron chi connectivity index (χ0n) is 19.9. The van der Waals surface area contributed by atoms with E-state index in [-0.39, 0.29) is 11.4 Å². The van der Waals surface area contributed by atoms with Crippen molar-refractivity contribution in [2.24, 2.45) is 0 Å². The number of aromatic nitrogens is 6. The normalized spacial score (nSPS) is 11.4. The van der Waals surface area contributed by atoms with Crippen LogP contribution in [-0.2, 0) is 4.79 Å². The number of rotatable bonds is 7. The highest BCUT2D eigenvalue weighted by atomic mass is 32.1. The summed E-state index contributed by atoms with van der Waals surface area (Å²) in [4.78, 5) is 29.0. The van der Waals surface area contributed by atoms with Gasteiger partial charge < -0.3 is 10.3 Å². The summed E-state index contributed by atoms with van der Waals surface area (Å²) in [7, 11) is 0. The molecule has 5 heterocycles. The number of hydrogen-bond acceptors (Lipinski definition) is 6. The number of unbranched alkanes of at least 4 members (excludes halogenated alkanes) is 1. The van der Waals surface area contributed by atoms with Gasteiger partial charge in [-0.05, 0) is 47.7 Å². The number of thiophene rings is 1. The van der Waals surface area contributed by atoms with Gasteiger partial charge in [-0.3, -0.25) is 19.9 Å². The highest BCUT2D eigenvalue weighted by Gasteiger charge is 2.18. The zero-order chi connectivity index (χ0) is 25.4. The maximum absolute atomic E-state index is 15.2. The molecule has 0 aliphatic heterocycles. The second kappa shape index (κ2) is 9.55. The van der Waals surface area contributed by atoms with Crippen molar-refractivity contribution in [1.82, 2.24) is 30.1 Å². The SMILES string of the molecule is CCCCC(=O)Nc1cncc(-c2cc(F)c3n[nH]c(-c4nc5c(-c6ccsc6)nccc5[nH]4)c3c2)c1. The molecule has 0 saturated heterocycles. The average Bonchev–Trinajstić information content (AvgIpc) is 3.67. The number of anilines is 1. The lowest BCUT2D eigenvalue weighted by Crippen LogP contribution is -2.11. The molecule has 0 aliphatic carbocycles. The van der Waals surface area contributed by atoms with E-state index in [4.69, 9.17) is 4.98 Å². The number of benzene rings is 1. The Morgan fingerprint density at radius 2 is 2.03 bits per heavy atom. The van der Waals surface area contributed by atoms with E-state index in [1.807, 2.05) is 35.9 Å². The summed E-state index contributed by atoms with van der Waals surface area (Å²) in [6, 6.07) is 8.92. The summed E-state index contributed by atoms with van der Waals surface area (Å²) in [6.45, 7) is 2.04. The molecule has 5 aromatic heterocycles. The van der Waals surface area contributed by atoms with Crippen molar-refractivity contribution in [2.75, 3.05) is 5.32 Å². The van der Waals surface area contributed by atoms with Gasteiger partial charge in [0.05, 0.1) is 23.1 Å². The first-order valence-corrected chi connectivity index (χ1v) is 12.9. The maximum atomic E-state index is 15.2. The number of pyridine rings is 2. The number of aromatic amines is 2. The third-order valence-electron chi connectivity index (χ3n) is 6.16. The van der Waals surface area contributed by atoms with E-state index in [0.717, 1.165) is 35.1 Å². The third-order valence-corrected chi connectivity index (χ3v) is 6.84. The Hall–Kier alpha value is -4.44. The monoisotopic (exact) mass is 511 g/mol. The van der Waals surface area contributed by atoms with Crippen molar-refractivity contribution in [3.05, 3.63) is 65.5 Å². The van der Waals surface area contributed by atoms with Crippen molar-refractivity contribution in [1.29, 1.82) is 0 Å². The lowest BCUT2D eigenvalue weighted by molar-refractivity contribution is -0.116. The number of halogens is 1. The molecule has 3 N–H and O–H groups in total. The lowest BCUT2D eigenvalue weighted by atomic mass is 10.0. The molecular formula is C27H22FN7OS. The van der Waals surface area contributed by atoms with Gasteiger partial charge in [-0.2, -0.15) is 16.4 Å². The van der Waals surface area contributed by atoms with Crippen LogP contribution in [0.4, 0.5) is 10.1 Å². The maximum Gasteiger partial charge on any atom is 0.224 e. The lowest BCUT2D eigenvalue weighted by Gasteiger charge is -2.08. The third kappa shape index (κ3) is 4.36. The van der Waals surface area contributed by atoms with Gasteiger partial charge >= 0.3 is 0 Å². The summed E-state index contributed by atoms with van der Waals surface area (Å²) in [5.74, 6) is -0.00142. The van der Waals surface area contributed by atoms with Crippen LogP contribution in [0.5, 0.6) is 0 Å². The molecule has 10 heteroatoms. The highest BCUT2D eigenvalue weighted by molar-refractivity contribution is 7.08. The van der Waals surface area contributed by atoms with Crippen LogP contribution in [0.1, 0.15) is 26.2 Å². The summed E-state index contributed by atoms with van der Waals surface area (Å²) in [5.41, 5.74) is 5.96. The zero-order valence-corrected chi connectivity index (χ0v) is 20.7. The summed E-state index contributed by atoms with van der Waals surface area (Å²) < 4.78 is 15.2. The van der Waals surface area contributed by atoms with Gasteiger partial charge in [0.25, 0.3) is 0 Å². The Bertz CT molecular complexity index is 1740. The first kappa shape index (κ1) is 23.0. The summed E-state index contributed by atoms with van der Waals surface area (Å²) >= 11 is 1.59. The van der Waals surface area contributed by atoms with E-state index < -0.39 is 5.82 Å². The highest BCUT2D eigenvalue weighted by Crippen LogP contribution is 2.34. The number of nitrogens with zero attached hydrogens (tertiary/aromatic N) is 4. The van der Waals surface area contributed by atoms with Crippen LogP contribution < -0.4 is 5.32 Å². The van der Waals surface area contributed by atoms with Gasteiger partial charge in [-0.1, -0.05) is 13.3 Å². The van der Waals surface area contributed by atoms with E-state index in [0.29, 0.717) is 40.1 Å². The Morgan fingerprint density at radius 3 is 2.86 bits per heavy atom. The van der Waals surface area contributed by atoms with Gasteiger partial charge in [-0.25, -0.2) is 9.37 Å². The summed E-state index contributed by atoms with van der Waals surface area (Å²) in [5, 5.41) is 14.6. The smallest absolute Gasteiger partial charge is 0.224 e. The Labute approximate surface area is 215 Å². The van der Waals surface area contributed by atoms with Gasteiger partial charge in [0.1, 0.15) is 16.7 Å². The van der Waals surface area contributed by atoms with E-state index in [2.05, 4.69) is 30.5 Å². The molecular weight excluding hydrogens is 489 g/mol. The van der Waals surface area contributed by atoms with Crippen LogP contribution >= 0.6 is 11.3 Å². The molecule has 1 aromatic carbocycles. The number of nitrogens with one attached hydrogen (secondary N) is 3. The van der Waals surface area contributed by atoms with Crippen LogP contribution in [0, 0.1) is 5.82 Å². The molecule has 8 nitrogen and oxygen atoms in total. The fraction of sp³-hybridized carbons (Fsp3) is 0.148. The Kier molecular flexibility index (Phi) is 5.93. The molecule has 0 fully saturated rings. The predicted octanol–water partition coefficient (Wildman–Crippen LogP) is 6.56.